The maximum absolute atomic E-state index is 12.8. The molecule has 10 heteroatoms. The van der Waals surface area contributed by atoms with Gasteiger partial charge in [-0.15, -0.1) is 11.3 Å². The fourth-order valence-corrected chi connectivity index (χ4v) is 4.64. The Balaban J connectivity index is 1.31. The van der Waals surface area contributed by atoms with Crippen LogP contribution in [-0.2, 0) is 18.9 Å². The number of aromatic nitrogens is 5. The Hall–Kier alpha value is -3.79. The van der Waals surface area contributed by atoms with E-state index in [2.05, 4.69) is 57.6 Å². The molecule has 4 aromatic rings. The third-order valence-corrected chi connectivity index (χ3v) is 6.92. The predicted octanol–water partition coefficient (Wildman–Crippen LogP) is 4.08. The van der Waals surface area contributed by atoms with Crippen LogP contribution in [0.5, 0.6) is 0 Å². The molecule has 0 unspecified atom stereocenters. The van der Waals surface area contributed by atoms with Crippen molar-refractivity contribution in [3.8, 4) is 11.3 Å². The van der Waals surface area contributed by atoms with Gasteiger partial charge in [0.15, 0.2) is 0 Å². The van der Waals surface area contributed by atoms with Crippen LogP contribution in [0, 0.1) is 0 Å². The van der Waals surface area contributed by atoms with Crippen molar-refractivity contribution in [2.75, 3.05) is 16.9 Å². The van der Waals surface area contributed by atoms with Crippen LogP contribution in [-0.4, -0.2) is 37.2 Å². The van der Waals surface area contributed by atoms with Crippen LogP contribution in [0.15, 0.2) is 49.1 Å². The molecule has 1 amide bonds. The average molecular weight is 475 g/mol. The molecule has 0 radical (unpaired) electrons. The minimum absolute atomic E-state index is 0.0752. The Labute approximate surface area is 201 Å². The third-order valence-electron chi connectivity index (χ3n) is 5.49. The second-order valence-corrected chi connectivity index (χ2v) is 10.3. The third kappa shape index (κ3) is 4.49. The van der Waals surface area contributed by atoms with Gasteiger partial charge in [-0.25, -0.2) is 15.0 Å². The number of nitrogens with zero attached hydrogens (tertiary/aromatic N) is 6. The van der Waals surface area contributed by atoms with E-state index >= 15 is 0 Å². The number of aryl methyl sites for hydroxylation is 1. The molecule has 5 rings (SSSR count). The molecule has 0 saturated carbocycles. The summed E-state index contributed by atoms with van der Waals surface area (Å²) in [5.74, 6) is 0.380. The van der Waals surface area contributed by atoms with Crippen molar-refractivity contribution < 1.29 is 4.79 Å². The highest BCUT2D eigenvalue weighted by atomic mass is 32.1. The molecular weight excluding hydrogens is 448 g/mol. The van der Waals surface area contributed by atoms with Gasteiger partial charge in [-0.2, -0.15) is 5.10 Å². The summed E-state index contributed by atoms with van der Waals surface area (Å²) in [5, 5.41) is 10.2. The lowest BCUT2D eigenvalue weighted by Gasteiger charge is -2.20. The lowest BCUT2D eigenvalue weighted by Crippen LogP contribution is -2.40. The first-order valence-corrected chi connectivity index (χ1v) is 11.8. The molecule has 174 valence electrons. The van der Waals surface area contributed by atoms with Gasteiger partial charge >= 0.3 is 0 Å². The van der Waals surface area contributed by atoms with E-state index in [4.69, 9.17) is 0 Å². The summed E-state index contributed by atoms with van der Waals surface area (Å²) >= 11 is 1.44. The molecule has 34 heavy (non-hydrogen) atoms. The highest BCUT2D eigenvalue weighted by molar-refractivity contribution is 7.13. The maximum atomic E-state index is 12.8. The summed E-state index contributed by atoms with van der Waals surface area (Å²) in [6.07, 6.45) is 7.83. The van der Waals surface area contributed by atoms with Crippen LogP contribution >= 0.6 is 11.3 Å². The van der Waals surface area contributed by atoms with Crippen LogP contribution in [0.2, 0.25) is 0 Å². The number of carbonyl (C=O) groups excluding carboxylic acids is 1. The number of carbonyl (C=O) groups is 1. The number of rotatable bonds is 5. The largest absolute Gasteiger partial charge is 0.321 e. The minimum Gasteiger partial charge on any atom is -0.321 e. The number of thiazole rings is 1. The zero-order valence-electron chi connectivity index (χ0n) is 19.5. The second-order valence-electron chi connectivity index (χ2n) is 9.26. The fourth-order valence-electron chi connectivity index (χ4n) is 3.78. The molecule has 3 aromatic heterocycles. The Morgan fingerprint density at radius 3 is 2.74 bits per heavy atom. The summed E-state index contributed by atoms with van der Waals surface area (Å²) in [6, 6.07) is 8.06. The topological polar surface area (TPSA) is 101 Å². The molecule has 0 atom stereocenters. The van der Waals surface area contributed by atoms with E-state index in [9.17, 15) is 4.79 Å². The van der Waals surface area contributed by atoms with E-state index in [0.717, 1.165) is 39.6 Å². The summed E-state index contributed by atoms with van der Waals surface area (Å²) in [7, 11) is 1.86. The van der Waals surface area contributed by atoms with Crippen molar-refractivity contribution in [2.45, 2.75) is 32.6 Å². The SMILES string of the molecule is Cn1cc(Nc2nccc(-c3ccc4c(c3)CCN4NC(=O)c3cnc(C(C)(C)C)s3)n2)cn1. The number of fused-ring (bicyclic) bond motifs is 1. The monoisotopic (exact) mass is 474 g/mol. The van der Waals surface area contributed by atoms with Crippen molar-refractivity contribution in [3.05, 3.63) is 64.5 Å². The molecule has 1 aliphatic heterocycles. The number of amides is 1. The first-order valence-electron chi connectivity index (χ1n) is 11.0. The van der Waals surface area contributed by atoms with E-state index in [1.165, 1.54) is 11.3 Å². The first kappa shape index (κ1) is 22.0. The number of hydrazine groups is 1. The average Bonchev–Trinajstić information content (AvgIpc) is 3.54. The molecule has 1 aliphatic rings. The Morgan fingerprint density at radius 2 is 2.00 bits per heavy atom. The number of benzene rings is 1. The van der Waals surface area contributed by atoms with E-state index < -0.39 is 0 Å². The van der Waals surface area contributed by atoms with Gasteiger partial charge in [-0.05, 0) is 30.2 Å². The van der Waals surface area contributed by atoms with Crippen LogP contribution in [0.4, 0.5) is 17.3 Å². The minimum atomic E-state index is -0.133. The second kappa shape index (κ2) is 8.53. The molecule has 9 nitrogen and oxygen atoms in total. The molecule has 0 aliphatic carbocycles. The van der Waals surface area contributed by atoms with Crippen molar-refractivity contribution in [1.82, 2.24) is 30.2 Å². The Morgan fingerprint density at radius 1 is 1.15 bits per heavy atom. The summed E-state index contributed by atoms with van der Waals surface area (Å²) < 4.78 is 1.72. The summed E-state index contributed by atoms with van der Waals surface area (Å²) in [6.45, 7) is 7.00. The van der Waals surface area contributed by atoms with Gasteiger partial charge < -0.3 is 5.32 Å². The van der Waals surface area contributed by atoms with Gasteiger partial charge in [-0.3, -0.25) is 19.9 Å². The number of nitrogens with one attached hydrogen (secondary N) is 2. The van der Waals surface area contributed by atoms with Gasteiger partial charge in [0.05, 0.1) is 34.5 Å². The predicted molar refractivity (Wildman–Crippen MR) is 133 cm³/mol. The number of hydrogen-bond donors (Lipinski definition) is 2. The van der Waals surface area contributed by atoms with Gasteiger partial charge in [0.25, 0.3) is 5.91 Å². The zero-order chi connectivity index (χ0) is 23.9. The van der Waals surface area contributed by atoms with Gasteiger partial charge in [0.1, 0.15) is 4.88 Å². The molecule has 0 bridgehead atoms. The van der Waals surface area contributed by atoms with Gasteiger partial charge in [0, 0.05) is 37.0 Å². The lowest BCUT2D eigenvalue weighted by atomic mass is 9.98. The van der Waals surface area contributed by atoms with Gasteiger partial charge in [-0.1, -0.05) is 26.8 Å². The standard InChI is InChI=1S/C24H26N8OS/c1-24(2,3)22-26-13-20(34-22)21(33)30-32-10-8-16-11-15(5-6-19(16)32)18-7-9-25-23(29-18)28-17-12-27-31(4)14-17/h5-7,9,11-14H,8,10H2,1-4H3,(H,30,33)(H,25,28,29). The zero-order valence-corrected chi connectivity index (χ0v) is 20.3. The quantitative estimate of drug-likeness (QED) is 0.449. The number of hydrogen-bond acceptors (Lipinski definition) is 8. The van der Waals surface area contributed by atoms with Crippen molar-refractivity contribution in [1.29, 1.82) is 0 Å². The summed E-state index contributed by atoms with van der Waals surface area (Å²) in [4.78, 5) is 26.8. The molecule has 1 aromatic carbocycles. The highest BCUT2D eigenvalue weighted by Crippen LogP contribution is 2.32. The summed E-state index contributed by atoms with van der Waals surface area (Å²) in [5.41, 5.74) is 7.78. The van der Waals surface area contributed by atoms with Crippen molar-refractivity contribution >= 4 is 34.6 Å². The van der Waals surface area contributed by atoms with Crippen molar-refractivity contribution in [3.63, 3.8) is 0 Å². The first-order chi connectivity index (χ1) is 16.3. The smallest absolute Gasteiger partial charge is 0.281 e. The van der Waals surface area contributed by atoms with Gasteiger partial charge in [0.2, 0.25) is 5.95 Å². The molecule has 2 N–H and O–H groups in total. The highest BCUT2D eigenvalue weighted by Gasteiger charge is 2.24. The van der Waals surface area contributed by atoms with Crippen molar-refractivity contribution in [2.24, 2.45) is 7.05 Å². The normalized spacial score (nSPS) is 13.1. The molecule has 0 spiro atoms. The van der Waals surface area contributed by atoms with Crippen LogP contribution < -0.4 is 15.8 Å². The molecule has 0 saturated heterocycles. The molecule has 0 fully saturated rings. The Kier molecular flexibility index (Phi) is 5.52. The number of anilines is 3. The Bertz CT molecular complexity index is 1350. The molecule has 4 heterocycles. The molecular formula is C24H26N8OS. The maximum Gasteiger partial charge on any atom is 0.281 e. The van der Waals surface area contributed by atoms with Crippen LogP contribution in [0.1, 0.15) is 41.0 Å². The van der Waals surface area contributed by atoms with Crippen LogP contribution in [0.25, 0.3) is 11.3 Å². The fraction of sp³-hybridized carbons (Fsp3) is 0.292. The lowest BCUT2D eigenvalue weighted by molar-refractivity contribution is 0.0953. The van der Waals surface area contributed by atoms with Crippen LogP contribution in [0.3, 0.4) is 0 Å². The van der Waals surface area contributed by atoms with E-state index in [1.54, 1.807) is 23.3 Å². The van der Waals surface area contributed by atoms with E-state index in [-0.39, 0.29) is 11.3 Å². The van der Waals surface area contributed by atoms with E-state index in [0.29, 0.717) is 17.4 Å². The van der Waals surface area contributed by atoms with E-state index in [1.807, 2.05) is 36.5 Å².